The number of aliphatic hydroxyl groups excluding tert-OH is 12. The molecule has 0 aromatic carbocycles. The number of aliphatic hydroxyl groups is 12. The van der Waals surface area contributed by atoms with E-state index in [-0.39, 0.29) is 198 Å². The maximum atomic E-state index is 13.5. The summed E-state index contributed by atoms with van der Waals surface area (Å²) in [5.74, 6) is -2.51. The van der Waals surface area contributed by atoms with Crippen molar-refractivity contribution in [1.29, 1.82) is 0 Å². The van der Waals surface area contributed by atoms with Crippen LogP contribution in [0.2, 0.25) is 0 Å². The fourth-order valence-corrected chi connectivity index (χ4v) is 9.93. The second-order valence-electron chi connectivity index (χ2n) is 24.0. The molecule has 0 aromatic heterocycles. The minimum absolute atomic E-state index is 0.0631. The number of ketones is 1. The van der Waals surface area contributed by atoms with E-state index in [2.05, 4.69) is 37.2 Å². The second kappa shape index (κ2) is 49.6. The van der Waals surface area contributed by atoms with E-state index in [0.29, 0.717) is 57.8 Å². The third-order valence-corrected chi connectivity index (χ3v) is 15.7. The highest BCUT2D eigenvalue weighted by molar-refractivity contribution is 5.80. The van der Waals surface area contributed by atoms with Gasteiger partial charge in [0.05, 0.1) is 59.5 Å². The normalized spacial score (nSPS) is 26.3. The average Bonchev–Trinajstić information content (AvgIpc) is 0.860. The second-order valence-corrected chi connectivity index (χ2v) is 24.0. The van der Waals surface area contributed by atoms with Crippen molar-refractivity contribution in [3.63, 3.8) is 0 Å². The molecule has 36 heteroatoms. The molecule has 0 bridgehead atoms. The number of hydrogen-bond acceptors (Lipinski definition) is 29. The Morgan fingerprint density at radius 3 is 0.856 bits per heavy atom. The number of carbonyl (C=O) groups is 8. The summed E-state index contributed by atoms with van der Waals surface area (Å²) in [4.78, 5) is 101. The highest BCUT2D eigenvalue weighted by atomic mass is 16.7. The van der Waals surface area contributed by atoms with E-state index in [1.54, 1.807) is 0 Å². The molecule has 3 rings (SSSR count). The Morgan fingerprint density at radius 1 is 0.320 bits per heavy atom. The molecule has 15 atom stereocenters. The van der Waals surface area contributed by atoms with Crippen molar-refractivity contribution in [3.8, 4) is 0 Å². The number of Topliss-reactive ketones (excluding diaryl/α,β-unsaturated/α-hetero) is 1. The largest absolute Gasteiger partial charge is 0.394 e. The first kappa shape index (κ1) is 86.3. The van der Waals surface area contributed by atoms with Crippen LogP contribution in [-0.4, -0.2) is 325 Å². The van der Waals surface area contributed by atoms with Gasteiger partial charge in [-0.25, -0.2) is 0 Å². The quantitative estimate of drug-likeness (QED) is 0.0252. The monoisotopic (exact) mass is 1400 g/mol. The first-order valence-electron chi connectivity index (χ1n) is 33.4. The molecule has 0 radical (unpaired) electrons. The average molecular weight is 1400 g/mol. The standard InChI is InChI=1S/C61H109N7O29/c1-38(72)12-8-16-48(79)68-61(35-89-29-17-45(76)65-23-9-20-62-42(73)13-2-5-26-92-58-55(86)52(83)49(80)39(32-69)95-58,36-90-30-18-46(77)66-24-10-21-63-43(74)14-3-6-27-93-59-56(87)53(84)50(81)40(33-70)96-59)37-91-31-19-47(78)67-25-11-22-64-44(75)15-4-7-28-94-60-57(88)54(85)51(82)41(34-71)97-60/h39-41,49-60,69-71,80-88H,2-37H2,1H3,(H,62,73)(H,63,74)(H,64,75)(H,65,76)(H,66,77)(H,67,78)(H,68,79)/t39?,40?,41?,49-,50-,51-,52?,53?,54?,55?,56?,57?,58-,59-,60-,61?/m1/s1. The molecule has 9 unspecified atom stereocenters. The van der Waals surface area contributed by atoms with Crippen LogP contribution in [0, 0.1) is 0 Å². The number of carbonyl (C=O) groups excluding carboxylic acids is 8. The summed E-state index contributed by atoms with van der Waals surface area (Å²) in [6, 6.07) is 0. The molecule has 3 heterocycles. The van der Waals surface area contributed by atoms with Gasteiger partial charge in [0.2, 0.25) is 41.4 Å². The van der Waals surface area contributed by atoms with Crippen molar-refractivity contribution in [3.05, 3.63) is 0 Å². The zero-order valence-corrected chi connectivity index (χ0v) is 55.4. The van der Waals surface area contributed by atoms with Gasteiger partial charge in [-0.15, -0.1) is 0 Å². The topological polar surface area (TPSA) is 547 Å². The summed E-state index contributed by atoms with van der Waals surface area (Å²) in [5, 5.41) is 137. The SMILES string of the molecule is CC(=O)CCCC(=O)NC(COCCC(=O)NCCCNC(=O)CCCCO[C@@H]1OC(CO)[C@@H](O)C(O)C1O)(COCCC(=O)NCCCNC(=O)CCCCO[C@@H]1OC(CO)[C@@H](O)C(O)C1O)COCCC(=O)NCCCNC(=O)CCCCO[C@@H]1OC(CO)[C@@H](O)C(O)C1O. The number of rotatable bonds is 53. The zero-order chi connectivity index (χ0) is 71.5. The molecule has 3 fully saturated rings. The van der Waals surface area contributed by atoms with E-state index in [0.717, 1.165) is 0 Å². The third kappa shape index (κ3) is 34.8. The minimum atomic E-state index is -1.57. The molecule has 562 valence electrons. The van der Waals surface area contributed by atoms with Gasteiger partial charge in [0, 0.05) is 110 Å². The maximum absolute atomic E-state index is 13.5. The molecule has 0 saturated carbocycles. The van der Waals surface area contributed by atoms with Gasteiger partial charge in [-0.05, 0) is 71.1 Å². The summed E-state index contributed by atoms with van der Waals surface area (Å²) < 4.78 is 50.2. The predicted octanol–water partition coefficient (Wildman–Crippen LogP) is -7.35. The number of amides is 7. The van der Waals surface area contributed by atoms with Crippen LogP contribution in [0.4, 0.5) is 0 Å². The van der Waals surface area contributed by atoms with Crippen molar-refractivity contribution in [1.82, 2.24) is 37.2 Å². The molecular weight excluding hydrogens is 1290 g/mol. The van der Waals surface area contributed by atoms with Crippen LogP contribution in [0.15, 0.2) is 0 Å². The van der Waals surface area contributed by atoms with E-state index in [9.17, 15) is 99.6 Å². The van der Waals surface area contributed by atoms with E-state index >= 15 is 0 Å². The predicted molar refractivity (Wildman–Crippen MR) is 334 cm³/mol. The Morgan fingerprint density at radius 2 is 0.588 bits per heavy atom. The Kier molecular flexibility index (Phi) is 44.2. The van der Waals surface area contributed by atoms with E-state index in [1.165, 1.54) is 6.92 Å². The fourth-order valence-electron chi connectivity index (χ4n) is 9.93. The molecule has 0 spiro atoms. The van der Waals surface area contributed by atoms with Crippen molar-refractivity contribution in [2.45, 2.75) is 220 Å². The Labute approximate surface area is 563 Å². The van der Waals surface area contributed by atoms with Crippen LogP contribution in [0.3, 0.4) is 0 Å². The minimum Gasteiger partial charge on any atom is -0.394 e. The molecule has 3 aliphatic rings. The van der Waals surface area contributed by atoms with E-state index < -0.39 is 123 Å². The van der Waals surface area contributed by atoms with Gasteiger partial charge in [0.15, 0.2) is 18.9 Å². The smallest absolute Gasteiger partial charge is 0.222 e. The highest BCUT2D eigenvalue weighted by Gasteiger charge is 2.46. The molecule has 19 N–H and O–H groups in total. The molecule has 3 aliphatic heterocycles. The van der Waals surface area contributed by atoms with Crippen molar-refractivity contribution >= 4 is 47.1 Å². The van der Waals surface area contributed by atoms with Gasteiger partial charge in [0.1, 0.15) is 84.6 Å². The van der Waals surface area contributed by atoms with Crippen LogP contribution in [-0.2, 0) is 81.0 Å². The van der Waals surface area contributed by atoms with Gasteiger partial charge in [0.25, 0.3) is 0 Å². The third-order valence-electron chi connectivity index (χ3n) is 15.7. The van der Waals surface area contributed by atoms with Crippen LogP contribution < -0.4 is 37.2 Å². The zero-order valence-electron chi connectivity index (χ0n) is 55.4. The Hall–Kier alpha value is -4.88. The van der Waals surface area contributed by atoms with Gasteiger partial charge < -0.3 is 146 Å². The van der Waals surface area contributed by atoms with Gasteiger partial charge >= 0.3 is 0 Å². The van der Waals surface area contributed by atoms with Crippen LogP contribution in [0.1, 0.15) is 122 Å². The highest BCUT2D eigenvalue weighted by Crippen LogP contribution is 2.25. The number of unbranched alkanes of at least 4 members (excludes halogenated alkanes) is 3. The van der Waals surface area contributed by atoms with Crippen molar-refractivity contribution in [2.24, 2.45) is 0 Å². The van der Waals surface area contributed by atoms with Crippen LogP contribution in [0.5, 0.6) is 0 Å². The molecule has 36 nitrogen and oxygen atoms in total. The Balaban J connectivity index is 1.45. The van der Waals surface area contributed by atoms with Gasteiger partial charge in [-0.1, -0.05) is 0 Å². The van der Waals surface area contributed by atoms with Crippen LogP contribution >= 0.6 is 0 Å². The summed E-state index contributed by atoms with van der Waals surface area (Å²) in [6.45, 7) is -0.0276. The lowest BCUT2D eigenvalue weighted by Crippen LogP contribution is -2.59. The first-order chi connectivity index (χ1) is 46.5. The fraction of sp³-hybridized carbons (Fsp3) is 0.869. The molecule has 97 heavy (non-hydrogen) atoms. The number of nitrogens with one attached hydrogen (secondary N) is 7. The summed E-state index contributed by atoms with van der Waals surface area (Å²) in [5.41, 5.74) is -1.45. The summed E-state index contributed by atoms with van der Waals surface area (Å²) >= 11 is 0. The Bertz CT molecular complexity index is 2050. The van der Waals surface area contributed by atoms with Gasteiger partial charge in [-0.3, -0.25) is 33.6 Å². The molecule has 7 amide bonds. The first-order valence-corrected chi connectivity index (χ1v) is 33.4. The molecule has 3 saturated heterocycles. The lowest BCUT2D eigenvalue weighted by Gasteiger charge is -2.39. The van der Waals surface area contributed by atoms with Crippen molar-refractivity contribution in [2.75, 3.05) is 119 Å². The summed E-state index contributed by atoms with van der Waals surface area (Å²) in [7, 11) is 0. The van der Waals surface area contributed by atoms with Crippen LogP contribution in [0.25, 0.3) is 0 Å². The summed E-state index contributed by atoms with van der Waals surface area (Å²) in [6.07, 6.45) is -17.0. The van der Waals surface area contributed by atoms with E-state index in [4.69, 9.17) is 42.6 Å². The van der Waals surface area contributed by atoms with E-state index in [1.807, 2.05) is 0 Å². The molecule has 0 aliphatic carbocycles. The molecular formula is C61H109N7O29. The lowest BCUT2D eigenvalue weighted by molar-refractivity contribution is -0.301. The van der Waals surface area contributed by atoms with Gasteiger partial charge in [-0.2, -0.15) is 0 Å². The maximum Gasteiger partial charge on any atom is 0.222 e. The number of hydrogen-bond donors (Lipinski definition) is 19. The lowest BCUT2D eigenvalue weighted by atomic mass is 9.99. The van der Waals surface area contributed by atoms with Crippen molar-refractivity contribution < 1.29 is 142 Å². The number of ether oxygens (including phenoxy) is 9. The molecule has 0 aromatic rings.